The molecule has 0 aliphatic heterocycles. The van der Waals surface area contributed by atoms with E-state index in [9.17, 15) is 19.6 Å². The molecule has 0 heterocycles. The Kier molecular flexibility index (Phi) is 5.81. The third kappa shape index (κ3) is 4.90. The molecule has 106 valence electrons. The molecule has 1 aromatic rings. The number of rotatable bonds is 7. The Bertz CT molecular complexity index is 442. The summed E-state index contributed by atoms with van der Waals surface area (Å²) in [6.45, 7) is 0.631. The van der Waals surface area contributed by atoms with E-state index in [2.05, 4.69) is 0 Å². The average molecular weight is 272 g/mol. The first-order valence-corrected chi connectivity index (χ1v) is 5.72. The van der Waals surface area contributed by atoms with E-state index in [1.165, 1.54) is 7.11 Å². The highest BCUT2D eigenvalue weighted by Crippen LogP contribution is 2.20. The van der Waals surface area contributed by atoms with Crippen molar-refractivity contribution in [3.63, 3.8) is 0 Å². The van der Waals surface area contributed by atoms with Crippen LogP contribution in [-0.4, -0.2) is 48.3 Å². The molecule has 0 aliphatic carbocycles. The lowest BCUT2D eigenvalue weighted by atomic mass is 10.1. The van der Waals surface area contributed by atoms with E-state index in [1.54, 1.807) is 11.9 Å². The van der Waals surface area contributed by atoms with Gasteiger partial charge in [-0.1, -0.05) is 0 Å². The van der Waals surface area contributed by atoms with Gasteiger partial charge in [-0.05, 0) is 19.2 Å². The molecule has 0 saturated heterocycles. The van der Waals surface area contributed by atoms with Crippen molar-refractivity contribution in [1.29, 1.82) is 0 Å². The van der Waals surface area contributed by atoms with E-state index in [0.29, 0.717) is 0 Å². The van der Waals surface area contributed by atoms with Crippen LogP contribution in [0.3, 0.4) is 0 Å². The second kappa shape index (κ2) is 7.13. The van der Waals surface area contributed by atoms with Gasteiger partial charge in [-0.3, -0.25) is 15.0 Å². The molecule has 19 heavy (non-hydrogen) atoms. The molecule has 0 saturated carbocycles. The van der Waals surface area contributed by atoms with Crippen LogP contribution in [0, 0.1) is 15.9 Å². The number of methoxy groups -OCH3 is 1. The van der Waals surface area contributed by atoms with Crippen molar-refractivity contribution in [2.75, 3.05) is 27.3 Å². The Balaban J connectivity index is 2.75. The van der Waals surface area contributed by atoms with Gasteiger partial charge in [0.1, 0.15) is 5.82 Å². The summed E-state index contributed by atoms with van der Waals surface area (Å²) >= 11 is 0. The number of benzene rings is 1. The monoisotopic (exact) mass is 272 g/mol. The number of halogens is 1. The lowest BCUT2D eigenvalue weighted by molar-refractivity contribution is -0.385. The van der Waals surface area contributed by atoms with Gasteiger partial charge in [0.2, 0.25) is 0 Å². The van der Waals surface area contributed by atoms with Crippen molar-refractivity contribution >= 4 is 5.69 Å². The average Bonchev–Trinajstić information content (AvgIpc) is 2.28. The van der Waals surface area contributed by atoms with Crippen molar-refractivity contribution in [1.82, 2.24) is 4.90 Å². The van der Waals surface area contributed by atoms with E-state index in [0.717, 1.165) is 18.2 Å². The van der Waals surface area contributed by atoms with Crippen molar-refractivity contribution in [2.24, 2.45) is 0 Å². The van der Waals surface area contributed by atoms with Crippen molar-refractivity contribution in [2.45, 2.75) is 12.6 Å². The van der Waals surface area contributed by atoms with Crippen molar-refractivity contribution in [3.8, 4) is 0 Å². The van der Waals surface area contributed by atoms with Crippen LogP contribution in [0.25, 0.3) is 0 Å². The number of nitro groups is 1. The summed E-state index contributed by atoms with van der Waals surface area (Å²) in [5.74, 6) is -0.522. The predicted molar refractivity (Wildman–Crippen MR) is 67.3 cm³/mol. The number of ether oxygens (including phenoxy) is 1. The van der Waals surface area contributed by atoms with Crippen molar-refractivity contribution in [3.05, 3.63) is 39.7 Å². The SMILES string of the molecule is COCC(O)CN(C)Cc1cc(F)ccc1[N+](=O)[O-]. The first-order chi connectivity index (χ1) is 8.93. The Labute approximate surface area is 110 Å². The van der Waals surface area contributed by atoms with Crippen molar-refractivity contribution < 1.29 is 19.2 Å². The third-order valence-electron chi connectivity index (χ3n) is 2.56. The highest BCUT2D eigenvalue weighted by atomic mass is 19.1. The Morgan fingerprint density at radius 1 is 1.58 bits per heavy atom. The second-order valence-electron chi connectivity index (χ2n) is 4.34. The van der Waals surface area contributed by atoms with Crippen LogP contribution in [0.15, 0.2) is 18.2 Å². The minimum Gasteiger partial charge on any atom is -0.389 e. The lowest BCUT2D eigenvalue weighted by Gasteiger charge is -2.20. The molecule has 6 nitrogen and oxygen atoms in total. The molecule has 0 bridgehead atoms. The molecule has 0 aliphatic rings. The zero-order chi connectivity index (χ0) is 14.4. The van der Waals surface area contributed by atoms with Gasteiger partial charge < -0.3 is 9.84 Å². The Hall–Kier alpha value is -1.57. The molecule has 1 unspecified atom stereocenters. The van der Waals surface area contributed by atoms with Crippen LogP contribution >= 0.6 is 0 Å². The third-order valence-corrected chi connectivity index (χ3v) is 2.56. The van der Waals surface area contributed by atoms with Crippen LogP contribution in [0.2, 0.25) is 0 Å². The fraction of sp³-hybridized carbons (Fsp3) is 0.500. The standard InChI is InChI=1S/C12H17FN2O4/c1-14(7-11(16)8-19-2)6-9-5-10(13)3-4-12(9)15(17)18/h3-5,11,16H,6-8H2,1-2H3. The highest BCUT2D eigenvalue weighted by molar-refractivity contribution is 5.40. The second-order valence-corrected chi connectivity index (χ2v) is 4.34. The number of hydrogen-bond donors (Lipinski definition) is 1. The van der Waals surface area contributed by atoms with Gasteiger partial charge in [0, 0.05) is 31.8 Å². The largest absolute Gasteiger partial charge is 0.389 e. The van der Waals surface area contributed by atoms with E-state index < -0.39 is 16.8 Å². The molecule has 1 N–H and O–H groups in total. The topological polar surface area (TPSA) is 75.8 Å². The van der Waals surface area contributed by atoms with E-state index in [-0.39, 0.29) is 30.9 Å². The van der Waals surface area contributed by atoms with Gasteiger partial charge in [0.05, 0.1) is 17.6 Å². The molecule has 0 spiro atoms. The predicted octanol–water partition coefficient (Wildman–Crippen LogP) is 1.17. The normalized spacial score (nSPS) is 12.7. The zero-order valence-electron chi connectivity index (χ0n) is 10.9. The first-order valence-electron chi connectivity index (χ1n) is 5.72. The summed E-state index contributed by atoms with van der Waals surface area (Å²) in [5, 5.41) is 20.4. The molecule has 1 atom stereocenters. The summed E-state index contributed by atoms with van der Waals surface area (Å²) in [7, 11) is 3.16. The minimum absolute atomic E-state index is 0.130. The maximum absolute atomic E-state index is 13.1. The highest BCUT2D eigenvalue weighted by Gasteiger charge is 2.17. The minimum atomic E-state index is -0.692. The molecule has 0 aromatic heterocycles. The quantitative estimate of drug-likeness (QED) is 0.595. The number of nitro benzene ring substituents is 1. The molecule has 1 rings (SSSR count). The molecule has 1 aromatic carbocycles. The van der Waals surface area contributed by atoms with Crippen LogP contribution in [0.5, 0.6) is 0 Å². The summed E-state index contributed by atoms with van der Waals surface area (Å²) in [5.41, 5.74) is 0.145. The smallest absolute Gasteiger partial charge is 0.274 e. The van der Waals surface area contributed by atoms with Crippen LogP contribution in [-0.2, 0) is 11.3 Å². The van der Waals surface area contributed by atoms with Gasteiger partial charge in [0.25, 0.3) is 5.69 Å². The summed E-state index contributed by atoms with van der Waals surface area (Å²) < 4.78 is 17.9. The van der Waals surface area contributed by atoms with Crippen LogP contribution in [0.4, 0.5) is 10.1 Å². The van der Waals surface area contributed by atoms with Gasteiger partial charge >= 0.3 is 0 Å². The Morgan fingerprint density at radius 2 is 2.26 bits per heavy atom. The summed E-state index contributed by atoms with van der Waals surface area (Å²) in [6.07, 6.45) is -0.692. The lowest BCUT2D eigenvalue weighted by Crippen LogP contribution is -2.31. The summed E-state index contributed by atoms with van der Waals surface area (Å²) in [4.78, 5) is 12.0. The van der Waals surface area contributed by atoms with Crippen LogP contribution in [0.1, 0.15) is 5.56 Å². The number of aliphatic hydroxyl groups is 1. The fourth-order valence-corrected chi connectivity index (χ4v) is 1.82. The molecule has 7 heteroatoms. The molecule has 0 radical (unpaired) electrons. The van der Waals surface area contributed by atoms with E-state index >= 15 is 0 Å². The maximum atomic E-state index is 13.1. The van der Waals surface area contributed by atoms with Gasteiger partial charge in [-0.25, -0.2) is 4.39 Å². The molecule has 0 fully saturated rings. The number of nitrogens with zero attached hydrogens (tertiary/aromatic N) is 2. The fourth-order valence-electron chi connectivity index (χ4n) is 1.82. The molecule has 0 amide bonds. The van der Waals surface area contributed by atoms with E-state index in [4.69, 9.17) is 4.74 Å². The van der Waals surface area contributed by atoms with Gasteiger partial charge in [-0.2, -0.15) is 0 Å². The summed E-state index contributed by atoms with van der Waals surface area (Å²) in [6, 6.07) is 3.34. The molecular weight excluding hydrogens is 255 g/mol. The number of hydrogen-bond acceptors (Lipinski definition) is 5. The Morgan fingerprint density at radius 3 is 2.84 bits per heavy atom. The maximum Gasteiger partial charge on any atom is 0.274 e. The van der Waals surface area contributed by atoms with Crippen LogP contribution < -0.4 is 0 Å². The van der Waals surface area contributed by atoms with Gasteiger partial charge in [-0.15, -0.1) is 0 Å². The number of likely N-dealkylation sites (N-methyl/N-ethyl adjacent to an activating group) is 1. The zero-order valence-corrected chi connectivity index (χ0v) is 10.9. The number of aliphatic hydroxyl groups excluding tert-OH is 1. The molecular formula is C12H17FN2O4. The van der Waals surface area contributed by atoms with Gasteiger partial charge in [0.15, 0.2) is 0 Å². The van der Waals surface area contributed by atoms with E-state index in [1.807, 2.05) is 0 Å². The first kappa shape index (κ1) is 15.5.